The minimum Gasteiger partial charge on any atom is -0.497 e. The van der Waals surface area contributed by atoms with Crippen molar-refractivity contribution >= 4 is 38.4 Å². The van der Waals surface area contributed by atoms with Crippen molar-refractivity contribution in [3.05, 3.63) is 58.2 Å². The van der Waals surface area contributed by atoms with Crippen LogP contribution in [0.3, 0.4) is 0 Å². The van der Waals surface area contributed by atoms with E-state index in [1.807, 2.05) is 56.3 Å². The van der Waals surface area contributed by atoms with Crippen LogP contribution in [0.4, 0.5) is 5.69 Å². The molecule has 26 heavy (non-hydrogen) atoms. The second-order valence-corrected chi connectivity index (χ2v) is 6.86. The summed E-state index contributed by atoms with van der Waals surface area (Å²) < 4.78 is 12.0. The maximum atomic E-state index is 12.3. The van der Waals surface area contributed by atoms with Crippen LogP contribution in [0.2, 0.25) is 0 Å². The van der Waals surface area contributed by atoms with Crippen molar-refractivity contribution < 1.29 is 14.3 Å². The molecule has 1 N–H and O–H groups in total. The topological polar surface area (TPSA) is 60.5 Å². The fraction of sp³-hybridized carbons (Fsp3) is 0.200. The Morgan fingerprint density at radius 3 is 2.69 bits per heavy atom. The van der Waals surface area contributed by atoms with Crippen molar-refractivity contribution in [2.75, 3.05) is 19.0 Å². The molecular formula is C20H19BrN2O3. The Hall–Kier alpha value is -2.60. The quantitative estimate of drug-likeness (QED) is 0.660. The van der Waals surface area contributed by atoms with Gasteiger partial charge in [0.15, 0.2) is 6.61 Å². The lowest BCUT2D eigenvalue weighted by molar-refractivity contribution is -0.118. The van der Waals surface area contributed by atoms with Crippen LogP contribution in [0.5, 0.6) is 11.5 Å². The van der Waals surface area contributed by atoms with Crippen LogP contribution in [0.15, 0.2) is 46.9 Å². The van der Waals surface area contributed by atoms with Gasteiger partial charge in [0.25, 0.3) is 5.91 Å². The van der Waals surface area contributed by atoms with E-state index < -0.39 is 0 Å². The number of hydrogen-bond acceptors (Lipinski definition) is 4. The molecule has 0 radical (unpaired) electrons. The number of benzene rings is 2. The summed E-state index contributed by atoms with van der Waals surface area (Å²) in [4.78, 5) is 16.8. The lowest BCUT2D eigenvalue weighted by Gasteiger charge is -2.12. The molecule has 1 amide bonds. The molecule has 0 saturated carbocycles. The summed E-state index contributed by atoms with van der Waals surface area (Å²) in [7, 11) is 1.61. The zero-order valence-corrected chi connectivity index (χ0v) is 16.4. The number of nitrogens with zero attached hydrogens (tertiary/aromatic N) is 1. The second-order valence-electron chi connectivity index (χ2n) is 5.94. The van der Waals surface area contributed by atoms with Crippen molar-refractivity contribution in [1.82, 2.24) is 4.98 Å². The molecular weight excluding hydrogens is 396 g/mol. The van der Waals surface area contributed by atoms with Crippen LogP contribution in [0.1, 0.15) is 11.3 Å². The predicted molar refractivity (Wildman–Crippen MR) is 106 cm³/mol. The molecule has 0 spiro atoms. The minimum atomic E-state index is -0.221. The normalized spacial score (nSPS) is 10.6. The molecule has 0 bridgehead atoms. The van der Waals surface area contributed by atoms with Crippen LogP contribution < -0.4 is 14.8 Å². The molecule has 3 rings (SSSR count). The third-order valence-corrected chi connectivity index (χ3v) is 4.42. The monoisotopic (exact) mass is 414 g/mol. The van der Waals surface area contributed by atoms with Gasteiger partial charge in [0.1, 0.15) is 11.5 Å². The Morgan fingerprint density at radius 1 is 1.15 bits per heavy atom. The van der Waals surface area contributed by atoms with Gasteiger partial charge in [-0.05, 0) is 55.8 Å². The molecule has 1 aromatic heterocycles. The third kappa shape index (κ3) is 4.14. The maximum absolute atomic E-state index is 12.3. The zero-order chi connectivity index (χ0) is 18.7. The number of ether oxygens (including phenoxy) is 2. The number of carbonyl (C=O) groups excluding carboxylic acids is 1. The van der Waals surface area contributed by atoms with E-state index >= 15 is 0 Å². The Morgan fingerprint density at radius 2 is 1.96 bits per heavy atom. The first-order chi connectivity index (χ1) is 12.5. The van der Waals surface area contributed by atoms with Crippen molar-refractivity contribution in [1.29, 1.82) is 0 Å². The molecule has 5 nitrogen and oxygen atoms in total. The van der Waals surface area contributed by atoms with Gasteiger partial charge in [-0.3, -0.25) is 9.78 Å². The van der Waals surface area contributed by atoms with Crippen molar-refractivity contribution in [3.63, 3.8) is 0 Å². The first-order valence-electron chi connectivity index (χ1n) is 8.10. The Kier molecular flexibility index (Phi) is 5.42. The van der Waals surface area contributed by atoms with Gasteiger partial charge in [0, 0.05) is 27.3 Å². The number of hydrogen-bond donors (Lipinski definition) is 1. The number of carbonyl (C=O) groups is 1. The average Bonchev–Trinajstić information content (AvgIpc) is 2.61. The van der Waals surface area contributed by atoms with Gasteiger partial charge in [-0.15, -0.1) is 0 Å². The van der Waals surface area contributed by atoms with Gasteiger partial charge in [-0.25, -0.2) is 0 Å². The Balaban J connectivity index is 1.77. The van der Waals surface area contributed by atoms with Crippen molar-refractivity contribution in [3.8, 4) is 11.5 Å². The van der Waals surface area contributed by atoms with Gasteiger partial charge in [-0.1, -0.05) is 15.9 Å². The van der Waals surface area contributed by atoms with Gasteiger partial charge >= 0.3 is 0 Å². The molecule has 0 aliphatic carbocycles. The molecule has 0 saturated heterocycles. The Labute approximate surface area is 160 Å². The number of aryl methyl sites for hydroxylation is 2. The number of halogens is 1. The third-order valence-electron chi connectivity index (χ3n) is 3.93. The molecule has 134 valence electrons. The fourth-order valence-corrected chi connectivity index (χ4v) is 3.12. The van der Waals surface area contributed by atoms with Gasteiger partial charge in [0.05, 0.1) is 12.6 Å². The molecule has 1 heterocycles. The van der Waals surface area contributed by atoms with E-state index in [1.54, 1.807) is 7.11 Å². The number of anilines is 1. The highest BCUT2D eigenvalue weighted by atomic mass is 79.9. The lowest BCUT2D eigenvalue weighted by Crippen LogP contribution is -2.20. The highest BCUT2D eigenvalue weighted by molar-refractivity contribution is 9.10. The predicted octanol–water partition coefficient (Wildman–Crippen LogP) is 4.64. The molecule has 0 aliphatic rings. The smallest absolute Gasteiger partial charge is 0.262 e. The SMILES string of the molecule is COc1ccc2nc(C)cc(OCC(=O)Nc3ccc(Br)cc3C)c2c1. The first kappa shape index (κ1) is 18.2. The molecule has 0 atom stereocenters. The number of fused-ring (bicyclic) bond motifs is 1. The number of pyridine rings is 1. The first-order valence-corrected chi connectivity index (χ1v) is 8.90. The molecule has 0 fully saturated rings. The molecule has 0 unspecified atom stereocenters. The summed E-state index contributed by atoms with van der Waals surface area (Å²) in [5.41, 5.74) is 3.36. The van der Waals surface area contributed by atoms with Gasteiger partial charge in [0.2, 0.25) is 0 Å². The van der Waals surface area contributed by atoms with E-state index in [9.17, 15) is 4.79 Å². The van der Waals surface area contributed by atoms with Gasteiger partial charge in [-0.2, -0.15) is 0 Å². The second kappa shape index (κ2) is 7.74. The van der Waals surface area contributed by atoms with Crippen LogP contribution in [0.25, 0.3) is 10.9 Å². The summed E-state index contributed by atoms with van der Waals surface area (Å²) in [5.74, 6) is 1.10. The summed E-state index contributed by atoms with van der Waals surface area (Å²) in [5, 5.41) is 3.68. The van der Waals surface area contributed by atoms with Crippen LogP contribution in [-0.2, 0) is 4.79 Å². The highest BCUT2D eigenvalue weighted by Gasteiger charge is 2.10. The molecule has 2 aromatic carbocycles. The standard InChI is InChI=1S/C20H19BrN2O3/c1-12-8-14(21)4-6-17(12)23-20(24)11-26-19-9-13(2)22-18-7-5-15(25-3)10-16(18)19/h4-10H,11H2,1-3H3,(H,23,24). The summed E-state index contributed by atoms with van der Waals surface area (Å²) in [6.45, 7) is 3.74. The summed E-state index contributed by atoms with van der Waals surface area (Å²) in [6, 6.07) is 13.1. The lowest BCUT2D eigenvalue weighted by atomic mass is 10.1. The average molecular weight is 415 g/mol. The van der Waals surface area contributed by atoms with Crippen molar-refractivity contribution in [2.45, 2.75) is 13.8 Å². The largest absolute Gasteiger partial charge is 0.497 e. The molecule has 0 aliphatic heterocycles. The number of amides is 1. The van der Waals surface area contributed by atoms with E-state index in [0.29, 0.717) is 11.5 Å². The van der Waals surface area contributed by atoms with E-state index in [-0.39, 0.29) is 12.5 Å². The van der Waals surface area contributed by atoms with E-state index in [2.05, 4.69) is 26.2 Å². The number of aromatic nitrogens is 1. The van der Waals surface area contributed by atoms with Gasteiger partial charge < -0.3 is 14.8 Å². The maximum Gasteiger partial charge on any atom is 0.262 e. The Bertz CT molecular complexity index is 973. The molecule has 6 heteroatoms. The number of rotatable bonds is 5. The summed E-state index contributed by atoms with van der Waals surface area (Å²) >= 11 is 3.41. The highest BCUT2D eigenvalue weighted by Crippen LogP contribution is 2.29. The number of methoxy groups -OCH3 is 1. The van der Waals surface area contributed by atoms with Crippen molar-refractivity contribution in [2.24, 2.45) is 0 Å². The number of nitrogens with one attached hydrogen (secondary N) is 1. The van der Waals surface area contributed by atoms with E-state index in [1.165, 1.54) is 0 Å². The van der Waals surface area contributed by atoms with Crippen LogP contribution in [-0.4, -0.2) is 24.6 Å². The zero-order valence-electron chi connectivity index (χ0n) is 14.8. The van der Waals surface area contributed by atoms with Crippen LogP contribution >= 0.6 is 15.9 Å². The van der Waals surface area contributed by atoms with Crippen LogP contribution in [0, 0.1) is 13.8 Å². The fourth-order valence-electron chi connectivity index (χ4n) is 2.64. The van der Waals surface area contributed by atoms with E-state index in [4.69, 9.17) is 9.47 Å². The minimum absolute atomic E-state index is 0.0920. The van der Waals surface area contributed by atoms with E-state index in [0.717, 1.165) is 32.3 Å². The molecule has 3 aromatic rings. The summed E-state index contributed by atoms with van der Waals surface area (Å²) in [6.07, 6.45) is 0.